The third-order valence-corrected chi connectivity index (χ3v) is 7.45. The molecule has 2 aromatic heterocycles. The van der Waals surface area contributed by atoms with Crippen LogP contribution in [0.2, 0.25) is 0 Å². The third kappa shape index (κ3) is 4.68. The Hall–Kier alpha value is -3.08. The van der Waals surface area contributed by atoms with Gasteiger partial charge in [-0.1, -0.05) is 6.07 Å². The molecule has 10 nitrogen and oxygen atoms in total. The largest absolute Gasteiger partial charge is 0.370 e. The molecule has 3 aliphatic heterocycles. The highest BCUT2D eigenvalue weighted by atomic mass is 16.5. The number of ether oxygens (including phenoxy) is 1. The van der Waals surface area contributed by atoms with Crippen molar-refractivity contribution in [2.24, 2.45) is 5.73 Å². The van der Waals surface area contributed by atoms with Crippen molar-refractivity contribution in [1.82, 2.24) is 24.8 Å². The fourth-order valence-electron chi connectivity index (χ4n) is 5.56. The molecule has 6 rings (SSSR count). The van der Waals surface area contributed by atoms with Crippen LogP contribution in [0.5, 0.6) is 0 Å². The van der Waals surface area contributed by atoms with Crippen molar-refractivity contribution in [3.05, 3.63) is 42.4 Å². The first-order valence-electron chi connectivity index (χ1n) is 12.9. The highest BCUT2D eigenvalue weighted by Crippen LogP contribution is 2.29. The monoisotopic (exact) mass is 489 g/mol. The summed E-state index contributed by atoms with van der Waals surface area (Å²) in [5, 5.41) is 0. The van der Waals surface area contributed by atoms with E-state index in [-0.39, 0.29) is 18.2 Å². The van der Waals surface area contributed by atoms with E-state index in [1.54, 1.807) is 12.4 Å². The summed E-state index contributed by atoms with van der Waals surface area (Å²) in [4.78, 5) is 27.9. The van der Waals surface area contributed by atoms with Gasteiger partial charge in [-0.25, -0.2) is 4.98 Å². The number of fused-ring (bicyclic) bond motifs is 1. The van der Waals surface area contributed by atoms with Crippen LogP contribution >= 0.6 is 0 Å². The fraction of sp³-hybridized carbons (Fsp3) is 0.538. The van der Waals surface area contributed by atoms with Crippen LogP contribution in [0.1, 0.15) is 12.5 Å². The van der Waals surface area contributed by atoms with E-state index in [1.165, 1.54) is 0 Å². The lowest BCUT2D eigenvalue weighted by atomic mass is 10.1. The molecule has 36 heavy (non-hydrogen) atoms. The highest BCUT2D eigenvalue weighted by Gasteiger charge is 2.30. The molecule has 0 bridgehead atoms. The molecule has 2 N–H and O–H groups in total. The van der Waals surface area contributed by atoms with E-state index >= 15 is 0 Å². The van der Waals surface area contributed by atoms with E-state index in [0.29, 0.717) is 0 Å². The van der Waals surface area contributed by atoms with Gasteiger partial charge in [-0.05, 0) is 31.5 Å². The summed E-state index contributed by atoms with van der Waals surface area (Å²) in [5.41, 5.74) is 10.2. The number of hydrogen-bond acceptors (Lipinski definition) is 10. The van der Waals surface area contributed by atoms with Crippen LogP contribution < -0.4 is 20.4 Å². The maximum absolute atomic E-state index is 6.39. The summed E-state index contributed by atoms with van der Waals surface area (Å²) in [5.74, 6) is 1.79. The van der Waals surface area contributed by atoms with Crippen LogP contribution in [-0.4, -0.2) is 102 Å². The molecule has 0 spiro atoms. The lowest BCUT2D eigenvalue weighted by molar-refractivity contribution is -0.0327. The number of rotatable bonds is 5. The molecule has 1 aromatic carbocycles. The maximum atomic E-state index is 6.39. The van der Waals surface area contributed by atoms with E-state index in [2.05, 4.69) is 60.5 Å². The first kappa shape index (κ1) is 23.3. The van der Waals surface area contributed by atoms with E-state index in [1.807, 2.05) is 12.3 Å². The van der Waals surface area contributed by atoms with Crippen LogP contribution in [0.15, 0.2) is 36.8 Å². The number of hydrogen-bond donors (Lipinski definition) is 1. The number of aromatic nitrogens is 4. The average molecular weight is 490 g/mol. The van der Waals surface area contributed by atoms with Gasteiger partial charge in [0.15, 0.2) is 0 Å². The molecule has 3 fully saturated rings. The molecule has 2 atom stereocenters. The third-order valence-electron chi connectivity index (χ3n) is 7.45. The molecule has 0 unspecified atom stereocenters. The summed E-state index contributed by atoms with van der Waals surface area (Å²) >= 11 is 0. The van der Waals surface area contributed by atoms with Crippen molar-refractivity contribution in [1.29, 1.82) is 0 Å². The Morgan fingerprint density at radius 1 is 0.861 bits per heavy atom. The molecule has 3 aromatic rings. The molecule has 3 aliphatic rings. The van der Waals surface area contributed by atoms with Crippen molar-refractivity contribution >= 4 is 28.5 Å². The van der Waals surface area contributed by atoms with Crippen molar-refractivity contribution in [3.63, 3.8) is 0 Å². The molecule has 0 saturated carbocycles. The topological polar surface area (TPSA) is 99.8 Å². The smallest absolute Gasteiger partial charge is 0.227 e. The predicted molar refractivity (Wildman–Crippen MR) is 142 cm³/mol. The van der Waals surface area contributed by atoms with Crippen molar-refractivity contribution < 1.29 is 4.74 Å². The second kappa shape index (κ2) is 9.76. The van der Waals surface area contributed by atoms with E-state index in [0.717, 1.165) is 93.0 Å². The Kier molecular flexibility index (Phi) is 6.32. The minimum atomic E-state index is 0.148. The van der Waals surface area contributed by atoms with Gasteiger partial charge in [0.2, 0.25) is 5.95 Å². The van der Waals surface area contributed by atoms with Gasteiger partial charge >= 0.3 is 0 Å². The van der Waals surface area contributed by atoms with E-state index < -0.39 is 0 Å². The molecule has 5 heterocycles. The fourth-order valence-corrected chi connectivity index (χ4v) is 5.56. The highest BCUT2D eigenvalue weighted by molar-refractivity contribution is 5.90. The average Bonchev–Trinajstić information content (AvgIpc) is 2.87. The summed E-state index contributed by atoms with van der Waals surface area (Å²) in [6, 6.07) is 6.58. The van der Waals surface area contributed by atoms with Gasteiger partial charge in [-0.3, -0.25) is 14.9 Å². The first-order valence-corrected chi connectivity index (χ1v) is 12.9. The Labute approximate surface area is 212 Å². The summed E-state index contributed by atoms with van der Waals surface area (Å²) in [6.07, 6.45) is 5.72. The minimum Gasteiger partial charge on any atom is -0.370 e. The molecule has 0 amide bonds. The molecule has 0 radical (unpaired) electrons. The number of morpholine rings is 1. The number of benzene rings is 1. The van der Waals surface area contributed by atoms with Crippen LogP contribution in [0, 0.1) is 6.92 Å². The van der Waals surface area contributed by atoms with Crippen molar-refractivity contribution in [2.75, 3.05) is 73.6 Å². The Balaban J connectivity index is 1.08. The first-order chi connectivity index (χ1) is 17.5. The zero-order valence-corrected chi connectivity index (χ0v) is 21.1. The standard InChI is InChI=1S/C26H35N9O/c1-18-3-4-22(25-24(18)28-7-8-29-25)34-13-19(2)36-21(17-34)16-32-9-11-33(12-10-32)23-5-6-30-26(31-23)35-14-20(27)15-35/h3-8,19-21H,9-17,27H2,1-2H3/t19-,21+/m1/s1. The summed E-state index contributed by atoms with van der Waals surface area (Å²) < 4.78 is 6.39. The van der Waals surface area contributed by atoms with Crippen LogP contribution in [0.4, 0.5) is 17.5 Å². The van der Waals surface area contributed by atoms with Crippen molar-refractivity contribution in [3.8, 4) is 0 Å². The molecule has 0 aliphatic carbocycles. The van der Waals surface area contributed by atoms with Gasteiger partial charge in [0.1, 0.15) is 11.3 Å². The predicted octanol–water partition coefficient (Wildman–Crippen LogP) is 1.29. The van der Waals surface area contributed by atoms with Gasteiger partial charge < -0.3 is 25.2 Å². The number of piperazine rings is 1. The zero-order valence-electron chi connectivity index (χ0n) is 21.1. The number of anilines is 3. The van der Waals surface area contributed by atoms with Crippen LogP contribution in [-0.2, 0) is 4.74 Å². The lowest BCUT2D eigenvalue weighted by Gasteiger charge is -2.42. The van der Waals surface area contributed by atoms with Crippen LogP contribution in [0.25, 0.3) is 11.0 Å². The number of nitrogens with zero attached hydrogens (tertiary/aromatic N) is 8. The minimum absolute atomic E-state index is 0.148. The van der Waals surface area contributed by atoms with E-state index in [4.69, 9.17) is 15.5 Å². The number of nitrogens with two attached hydrogens (primary N) is 1. The quantitative estimate of drug-likeness (QED) is 0.564. The zero-order chi connectivity index (χ0) is 24.6. The van der Waals surface area contributed by atoms with Gasteiger partial charge in [0, 0.05) is 83.5 Å². The Bertz CT molecular complexity index is 1210. The maximum Gasteiger partial charge on any atom is 0.227 e. The van der Waals surface area contributed by atoms with Gasteiger partial charge in [-0.2, -0.15) is 4.98 Å². The van der Waals surface area contributed by atoms with Gasteiger partial charge in [0.05, 0.1) is 23.4 Å². The molecule has 190 valence electrons. The Morgan fingerprint density at radius 2 is 1.64 bits per heavy atom. The van der Waals surface area contributed by atoms with Gasteiger partial charge in [-0.15, -0.1) is 0 Å². The second-order valence-corrected chi connectivity index (χ2v) is 10.3. The van der Waals surface area contributed by atoms with Gasteiger partial charge in [0.25, 0.3) is 0 Å². The normalized spacial score (nSPS) is 23.8. The summed E-state index contributed by atoms with van der Waals surface area (Å²) in [7, 11) is 0. The van der Waals surface area contributed by atoms with Crippen LogP contribution in [0.3, 0.4) is 0 Å². The Morgan fingerprint density at radius 3 is 2.42 bits per heavy atom. The molecule has 3 saturated heterocycles. The lowest BCUT2D eigenvalue weighted by Crippen LogP contribution is -2.56. The molecular formula is C26H35N9O. The summed E-state index contributed by atoms with van der Waals surface area (Å²) in [6.45, 7) is 12.4. The van der Waals surface area contributed by atoms with E-state index in [9.17, 15) is 0 Å². The molecular weight excluding hydrogens is 454 g/mol. The number of aryl methyl sites for hydroxylation is 1. The molecule has 10 heteroatoms. The SMILES string of the molecule is Cc1ccc(N2C[C@H](CN3CCN(c4ccnc(N5CC(N)C5)n4)CC3)O[C@H](C)C2)c2nccnc12. The second-order valence-electron chi connectivity index (χ2n) is 10.3. The van der Waals surface area contributed by atoms with Crippen molar-refractivity contribution in [2.45, 2.75) is 32.1 Å².